The van der Waals surface area contributed by atoms with E-state index in [1.54, 1.807) is 0 Å². The Balaban J connectivity index is 2.63. The molecule has 0 aromatic heterocycles. The zero-order chi connectivity index (χ0) is 8.55. The molecule has 0 aliphatic heterocycles. The summed E-state index contributed by atoms with van der Waals surface area (Å²) in [6.45, 7) is 0. The third-order valence-corrected chi connectivity index (χ3v) is 3.24. The van der Waals surface area contributed by atoms with E-state index >= 15 is 0 Å². The van der Waals surface area contributed by atoms with Gasteiger partial charge >= 0.3 is 0 Å². The molecule has 1 aliphatic carbocycles. The van der Waals surface area contributed by atoms with Crippen molar-refractivity contribution in [2.45, 2.75) is 19.3 Å². The van der Waals surface area contributed by atoms with Crippen LogP contribution in [0.4, 0.5) is 0 Å². The third kappa shape index (κ3) is 1.05. The number of halogens is 1. The van der Waals surface area contributed by atoms with Crippen molar-refractivity contribution in [3.63, 3.8) is 0 Å². The molecule has 0 saturated carbocycles. The van der Waals surface area contributed by atoms with Crippen molar-refractivity contribution in [2.24, 2.45) is 0 Å². The smallest absolute Gasteiger partial charge is 0.100 e. The average Bonchev–Trinajstić information content (AvgIpc) is 2.53. The lowest BCUT2D eigenvalue weighted by atomic mass is 10.1. The third-order valence-electron chi connectivity index (χ3n) is 2.33. The van der Waals surface area contributed by atoms with Gasteiger partial charge < -0.3 is 0 Å². The van der Waals surface area contributed by atoms with Crippen molar-refractivity contribution in [1.82, 2.24) is 0 Å². The van der Waals surface area contributed by atoms with Crippen LogP contribution in [0.15, 0.2) is 16.6 Å². The van der Waals surface area contributed by atoms with Crippen LogP contribution in [0.25, 0.3) is 0 Å². The van der Waals surface area contributed by atoms with Crippen LogP contribution in [-0.2, 0) is 12.8 Å². The number of hydrogen-bond donors (Lipinski definition) is 0. The number of fused-ring (bicyclic) bond motifs is 1. The Morgan fingerprint density at radius 3 is 2.92 bits per heavy atom. The molecule has 0 heterocycles. The van der Waals surface area contributed by atoms with E-state index in [0.29, 0.717) is 0 Å². The Morgan fingerprint density at radius 2 is 2.17 bits per heavy atom. The Morgan fingerprint density at radius 1 is 1.33 bits per heavy atom. The number of nitrogens with zero attached hydrogens (tertiary/aromatic N) is 1. The van der Waals surface area contributed by atoms with Gasteiger partial charge in [-0.2, -0.15) is 5.26 Å². The molecule has 12 heavy (non-hydrogen) atoms. The van der Waals surface area contributed by atoms with E-state index in [-0.39, 0.29) is 0 Å². The molecule has 1 aliphatic rings. The molecule has 0 radical (unpaired) electrons. The van der Waals surface area contributed by atoms with Crippen LogP contribution in [0, 0.1) is 11.3 Å². The number of nitriles is 1. The van der Waals surface area contributed by atoms with Crippen LogP contribution in [0.5, 0.6) is 0 Å². The molecule has 2 rings (SSSR count). The zero-order valence-electron chi connectivity index (χ0n) is 6.60. The molecule has 0 atom stereocenters. The normalized spacial score (nSPS) is 14.0. The molecule has 1 nitrogen and oxygen atoms in total. The molecule has 0 fully saturated rings. The fraction of sp³-hybridized carbons (Fsp3) is 0.300. The molecule has 0 unspecified atom stereocenters. The van der Waals surface area contributed by atoms with E-state index in [1.807, 2.05) is 6.07 Å². The number of rotatable bonds is 0. The van der Waals surface area contributed by atoms with Crippen LogP contribution in [0.3, 0.4) is 0 Å². The minimum absolute atomic E-state index is 0.760. The van der Waals surface area contributed by atoms with Gasteiger partial charge in [0.1, 0.15) is 6.07 Å². The first kappa shape index (κ1) is 7.82. The summed E-state index contributed by atoms with van der Waals surface area (Å²) in [5, 5.41) is 8.77. The van der Waals surface area contributed by atoms with E-state index in [1.165, 1.54) is 24.0 Å². The molecule has 1 aromatic carbocycles. The topological polar surface area (TPSA) is 23.8 Å². The summed E-state index contributed by atoms with van der Waals surface area (Å²) in [4.78, 5) is 0. The Kier molecular flexibility index (Phi) is 1.90. The maximum Gasteiger partial charge on any atom is 0.100 e. The molecule has 2 heteroatoms. The minimum Gasteiger partial charge on any atom is -0.192 e. The second kappa shape index (κ2) is 2.91. The second-order valence-corrected chi connectivity index (χ2v) is 3.82. The highest BCUT2D eigenvalue weighted by atomic mass is 79.9. The monoisotopic (exact) mass is 221 g/mol. The maximum absolute atomic E-state index is 8.77. The van der Waals surface area contributed by atoms with Crippen LogP contribution >= 0.6 is 15.9 Å². The van der Waals surface area contributed by atoms with Gasteiger partial charge in [-0.3, -0.25) is 0 Å². The molecule has 0 spiro atoms. The molecule has 60 valence electrons. The highest BCUT2D eigenvalue weighted by Gasteiger charge is 2.15. The quantitative estimate of drug-likeness (QED) is 0.662. The first-order chi connectivity index (χ1) is 5.83. The molecule has 0 saturated heterocycles. The first-order valence-corrected chi connectivity index (χ1v) is 4.82. The summed E-state index contributed by atoms with van der Waals surface area (Å²) in [7, 11) is 0. The summed E-state index contributed by atoms with van der Waals surface area (Å²) in [5.74, 6) is 0. The van der Waals surface area contributed by atoms with Gasteiger partial charge in [0.05, 0.1) is 5.56 Å². The predicted octanol–water partition coefficient (Wildman–Crippen LogP) is 2.81. The van der Waals surface area contributed by atoms with E-state index < -0.39 is 0 Å². The number of aryl methyl sites for hydroxylation is 1. The van der Waals surface area contributed by atoms with E-state index in [0.717, 1.165) is 16.5 Å². The van der Waals surface area contributed by atoms with Crippen molar-refractivity contribution < 1.29 is 0 Å². The van der Waals surface area contributed by atoms with Crippen molar-refractivity contribution in [1.29, 1.82) is 5.26 Å². The maximum atomic E-state index is 8.77. The largest absolute Gasteiger partial charge is 0.192 e. The predicted molar refractivity (Wildman–Crippen MR) is 50.9 cm³/mol. The summed E-state index contributed by atoms with van der Waals surface area (Å²) in [5.41, 5.74) is 3.51. The standard InChI is InChI=1S/C10H8BrN/c11-10-8(6-12)5-4-7-2-1-3-9(7)10/h4-5H,1-3H2. The lowest BCUT2D eigenvalue weighted by Crippen LogP contribution is -1.87. The van der Waals surface area contributed by atoms with Gasteiger partial charge in [0.25, 0.3) is 0 Å². The van der Waals surface area contributed by atoms with Gasteiger partial charge in [0.2, 0.25) is 0 Å². The molecule has 0 N–H and O–H groups in total. The van der Waals surface area contributed by atoms with E-state index in [2.05, 4.69) is 28.1 Å². The van der Waals surface area contributed by atoms with Crippen LogP contribution < -0.4 is 0 Å². The lowest BCUT2D eigenvalue weighted by Gasteiger charge is -2.02. The Hall–Kier alpha value is -0.810. The van der Waals surface area contributed by atoms with Crippen LogP contribution in [-0.4, -0.2) is 0 Å². The SMILES string of the molecule is N#Cc1ccc2c(c1Br)CCC2. The number of hydrogen-bond acceptors (Lipinski definition) is 1. The fourth-order valence-electron chi connectivity index (χ4n) is 1.71. The summed E-state index contributed by atoms with van der Waals surface area (Å²) in [6, 6.07) is 6.15. The molecular weight excluding hydrogens is 214 g/mol. The second-order valence-electron chi connectivity index (χ2n) is 3.03. The highest BCUT2D eigenvalue weighted by Crippen LogP contribution is 2.31. The Bertz CT molecular complexity index is 363. The molecule has 1 aromatic rings. The molecular formula is C10H8BrN. The molecule has 0 amide bonds. The highest BCUT2D eigenvalue weighted by molar-refractivity contribution is 9.10. The van der Waals surface area contributed by atoms with Crippen molar-refractivity contribution >= 4 is 15.9 Å². The minimum atomic E-state index is 0.760. The van der Waals surface area contributed by atoms with Crippen molar-refractivity contribution in [3.8, 4) is 6.07 Å². The van der Waals surface area contributed by atoms with Crippen molar-refractivity contribution in [2.75, 3.05) is 0 Å². The fourth-order valence-corrected chi connectivity index (χ4v) is 2.38. The van der Waals surface area contributed by atoms with Gasteiger partial charge in [-0.1, -0.05) is 6.07 Å². The summed E-state index contributed by atoms with van der Waals surface area (Å²) in [6.07, 6.45) is 3.51. The van der Waals surface area contributed by atoms with Crippen LogP contribution in [0.1, 0.15) is 23.1 Å². The van der Waals surface area contributed by atoms with Gasteiger partial charge in [-0.15, -0.1) is 0 Å². The van der Waals surface area contributed by atoms with E-state index in [9.17, 15) is 0 Å². The van der Waals surface area contributed by atoms with Gasteiger partial charge in [-0.05, 0) is 52.4 Å². The zero-order valence-corrected chi connectivity index (χ0v) is 8.19. The summed E-state index contributed by atoms with van der Waals surface area (Å²) < 4.78 is 1.01. The van der Waals surface area contributed by atoms with Gasteiger partial charge in [0, 0.05) is 4.47 Å². The van der Waals surface area contributed by atoms with E-state index in [4.69, 9.17) is 5.26 Å². The summed E-state index contributed by atoms with van der Waals surface area (Å²) >= 11 is 3.47. The number of benzene rings is 1. The molecule has 0 bridgehead atoms. The van der Waals surface area contributed by atoms with Gasteiger partial charge in [0.15, 0.2) is 0 Å². The first-order valence-electron chi connectivity index (χ1n) is 4.03. The average molecular weight is 222 g/mol. The van der Waals surface area contributed by atoms with Crippen molar-refractivity contribution in [3.05, 3.63) is 33.3 Å². The van der Waals surface area contributed by atoms with Gasteiger partial charge in [-0.25, -0.2) is 0 Å². The van der Waals surface area contributed by atoms with Crippen LogP contribution in [0.2, 0.25) is 0 Å². The Labute approximate surface area is 80.1 Å². The lowest BCUT2D eigenvalue weighted by molar-refractivity contribution is 0.910.